The van der Waals surface area contributed by atoms with Crippen molar-refractivity contribution in [2.45, 2.75) is 25.8 Å². The van der Waals surface area contributed by atoms with Crippen LogP contribution in [0.25, 0.3) is 0 Å². The second-order valence-corrected chi connectivity index (χ2v) is 4.00. The summed E-state index contributed by atoms with van der Waals surface area (Å²) < 4.78 is 26.0. The molecule has 1 aromatic rings. The Morgan fingerprint density at radius 3 is 2.75 bits per heavy atom. The van der Waals surface area contributed by atoms with Crippen LogP contribution in [0.1, 0.15) is 18.9 Å². The zero-order chi connectivity index (χ0) is 12.0. The molecule has 3 N–H and O–H groups in total. The van der Waals surface area contributed by atoms with Crippen LogP contribution in [0.15, 0.2) is 18.2 Å². The largest absolute Gasteiger partial charge is 0.328 e. The zero-order valence-electron chi connectivity index (χ0n) is 9.47. The van der Waals surface area contributed by atoms with Gasteiger partial charge in [0, 0.05) is 6.04 Å². The molecule has 1 aromatic carbocycles. The van der Waals surface area contributed by atoms with Crippen molar-refractivity contribution in [3.8, 4) is 0 Å². The standard InChI is InChI=1S/C12H18F2N2/c1-9(15)4-6-16-7-5-10-8-11(13)2-3-12(10)14/h2-3,8-9,16H,4-7,15H2,1H3. The van der Waals surface area contributed by atoms with E-state index in [1.54, 1.807) is 0 Å². The Balaban J connectivity index is 2.29. The van der Waals surface area contributed by atoms with E-state index < -0.39 is 5.82 Å². The van der Waals surface area contributed by atoms with Crippen molar-refractivity contribution in [3.05, 3.63) is 35.4 Å². The quantitative estimate of drug-likeness (QED) is 0.729. The average Bonchev–Trinajstić information content (AvgIpc) is 2.22. The summed E-state index contributed by atoms with van der Waals surface area (Å²) in [6.07, 6.45) is 1.37. The van der Waals surface area contributed by atoms with Crippen molar-refractivity contribution in [3.63, 3.8) is 0 Å². The van der Waals surface area contributed by atoms with Crippen LogP contribution < -0.4 is 11.1 Å². The summed E-state index contributed by atoms with van der Waals surface area (Å²) in [6.45, 7) is 3.37. The lowest BCUT2D eigenvalue weighted by molar-refractivity contribution is 0.564. The molecule has 0 bridgehead atoms. The van der Waals surface area contributed by atoms with E-state index in [-0.39, 0.29) is 11.9 Å². The van der Waals surface area contributed by atoms with Gasteiger partial charge in [-0.2, -0.15) is 0 Å². The second kappa shape index (κ2) is 6.55. The molecule has 1 atom stereocenters. The predicted molar refractivity (Wildman–Crippen MR) is 61.2 cm³/mol. The van der Waals surface area contributed by atoms with E-state index in [0.29, 0.717) is 18.5 Å². The normalized spacial score (nSPS) is 12.8. The second-order valence-electron chi connectivity index (χ2n) is 4.00. The summed E-state index contributed by atoms with van der Waals surface area (Å²) in [5, 5.41) is 3.14. The summed E-state index contributed by atoms with van der Waals surface area (Å²) in [7, 11) is 0. The van der Waals surface area contributed by atoms with Gasteiger partial charge in [0.15, 0.2) is 0 Å². The highest BCUT2D eigenvalue weighted by Gasteiger charge is 2.03. The fourth-order valence-electron chi connectivity index (χ4n) is 1.41. The molecule has 0 spiro atoms. The minimum atomic E-state index is -0.396. The Labute approximate surface area is 94.8 Å². The molecule has 0 amide bonds. The molecule has 16 heavy (non-hydrogen) atoms. The molecule has 0 aliphatic rings. The summed E-state index contributed by atoms with van der Waals surface area (Å²) >= 11 is 0. The highest BCUT2D eigenvalue weighted by Crippen LogP contribution is 2.09. The monoisotopic (exact) mass is 228 g/mol. The van der Waals surface area contributed by atoms with E-state index in [1.165, 1.54) is 6.07 Å². The number of nitrogens with two attached hydrogens (primary N) is 1. The Kier molecular flexibility index (Phi) is 5.35. The third-order valence-electron chi connectivity index (χ3n) is 2.36. The molecule has 0 saturated carbocycles. The van der Waals surface area contributed by atoms with Crippen molar-refractivity contribution in [2.75, 3.05) is 13.1 Å². The third kappa shape index (κ3) is 4.68. The molecule has 1 unspecified atom stereocenters. The lowest BCUT2D eigenvalue weighted by atomic mass is 10.1. The summed E-state index contributed by atoms with van der Waals surface area (Å²) in [5.74, 6) is -0.748. The lowest BCUT2D eigenvalue weighted by Crippen LogP contribution is -2.25. The Hall–Kier alpha value is -1.00. The molecule has 90 valence electrons. The molecule has 0 aliphatic carbocycles. The topological polar surface area (TPSA) is 38.0 Å². The first-order chi connectivity index (χ1) is 7.59. The van der Waals surface area contributed by atoms with Gasteiger partial charge in [-0.1, -0.05) is 0 Å². The Morgan fingerprint density at radius 1 is 1.31 bits per heavy atom. The van der Waals surface area contributed by atoms with Gasteiger partial charge in [0.1, 0.15) is 11.6 Å². The summed E-state index contributed by atoms with van der Waals surface area (Å²) in [4.78, 5) is 0. The minimum absolute atomic E-state index is 0.165. The van der Waals surface area contributed by atoms with E-state index in [2.05, 4.69) is 5.32 Å². The molecule has 0 radical (unpaired) electrons. The SMILES string of the molecule is CC(N)CCNCCc1cc(F)ccc1F. The van der Waals surface area contributed by atoms with Crippen molar-refractivity contribution in [1.82, 2.24) is 5.32 Å². The van der Waals surface area contributed by atoms with Crippen LogP contribution in [0.5, 0.6) is 0 Å². The van der Waals surface area contributed by atoms with Gasteiger partial charge >= 0.3 is 0 Å². The van der Waals surface area contributed by atoms with Gasteiger partial charge in [-0.25, -0.2) is 8.78 Å². The van der Waals surface area contributed by atoms with E-state index in [9.17, 15) is 8.78 Å². The van der Waals surface area contributed by atoms with Crippen molar-refractivity contribution < 1.29 is 8.78 Å². The fourth-order valence-corrected chi connectivity index (χ4v) is 1.41. The highest BCUT2D eigenvalue weighted by molar-refractivity contribution is 5.18. The lowest BCUT2D eigenvalue weighted by Gasteiger charge is -2.07. The molecule has 0 fully saturated rings. The maximum atomic E-state index is 13.2. The smallest absolute Gasteiger partial charge is 0.126 e. The first-order valence-electron chi connectivity index (χ1n) is 5.50. The van der Waals surface area contributed by atoms with Gasteiger partial charge in [-0.05, 0) is 56.6 Å². The van der Waals surface area contributed by atoms with Gasteiger partial charge in [0.25, 0.3) is 0 Å². The van der Waals surface area contributed by atoms with Crippen LogP contribution in [-0.4, -0.2) is 19.1 Å². The molecule has 0 aromatic heterocycles. The van der Waals surface area contributed by atoms with Crippen LogP contribution in [-0.2, 0) is 6.42 Å². The minimum Gasteiger partial charge on any atom is -0.328 e. The van der Waals surface area contributed by atoms with Crippen molar-refractivity contribution >= 4 is 0 Å². The van der Waals surface area contributed by atoms with E-state index in [1.807, 2.05) is 6.92 Å². The van der Waals surface area contributed by atoms with Gasteiger partial charge in [-0.3, -0.25) is 0 Å². The van der Waals surface area contributed by atoms with Crippen LogP contribution in [0.2, 0.25) is 0 Å². The molecule has 2 nitrogen and oxygen atoms in total. The number of halogens is 2. The van der Waals surface area contributed by atoms with Crippen LogP contribution >= 0.6 is 0 Å². The third-order valence-corrected chi connectivity index (χ3v) is 2.36. The number of nitrogens with one attached hydrogen (secondary N) is 1. The van der Waals surface area contributed by atoms with Crippen LogP contribution in [0.4, 0.5) is 8.78 Å². The number of hydrogen-bond acceptors (Lipinski definition) is 2. The van der Waals surface area contributed by atoms with E-state index >= 15 is 0 Å². The first kappa shape index (κ1) is 13.1. The molecule has 4 heteroatoms. The van der Waals surface area contributed by atoms with Crippen molar-refractivity contribution in [2.24, 2.45) is 5.73 Å². The number of benzene rings is 1. The van der Waals surface area contributed by atoms with Gasteiger partial charge < -0.3 is 11.1 Å². The fraction of sp³-hybridized carbons (Fsp3) is 0.500. The predicted octanol–water partition coefficient (Wildman–Crippen LogP) is 1.83. The van der Waals surface area contributed by atoms with Gasteiger partial charge in [0.2, 0.25) is 0 Å². The average molecular weight is 228 g/mol. The maximum absolute atomic E-state index is 13.2. The zero-order valence-corrected chi connectivity index (χ0v) is 9.47. The molecule has 0 saturated heterocycles. The van der Waals surface area contributed by atoms with E-state index in [0.717, 1.165) is 25.1 Å². The van der Waals surface area contributed by atoms with Gasteiger partial charge in [0.05, 0.1) is 0 Å². The molecule has 0 aliphatic heterocycles. The van der Waals surface area contributed by atoms with E-state index in [4.69, 9.17) is 5.73 Å². The van der Waals surface area contributed by atoms with Crippen molar-refractivity contribution in [1.29, 1.82) is 0 Å². The number of hydrogen-bond donors (Lipinski definition) is 2. The molecule has 1 rings (SSSR count). The van der Waals surface area contributed by atoms with Crippen LogP contribution in [0.3, 0.4) is 0 Å². The van der Waals surface area contributed by atoms with Crippen LogP contribution in [0, 0.1) is 11.6 Å². The maximum Gasteiger partial charge on any atom is 0.126 e. The summed E-state index contributed by atoms with van der Waals surface area (Å²) in [6, 6.07) is 3.69. The van der Waals surface area contributed by atoms with Gasteiger partial charge in [-0.15, -0.1) is 0 Å². The highest BCUT2D eigenvalue weighted by atomic mass is 19.1. The molecular formula is C12H18F2N2. The number of rotatable bonds is 6. The Morgan fingerprint density at radius 2 is 2.06 bits per heavy atom. The molecule has 0 heterocycles. The summed E-state index contributed by atoms with van der Waals surface area (Å²) in [5.41, 5.74) is 5.99. The first-order valence-corrected chi connectivity index (χ1v) is 5.50. The molecular weight excluding hydrogens is 210 g/mol. The Bertz CT molecular complexity index is 327.